The molecule has 2 rings (SSSR count). The van der Waals surface area contributed by atoms with E-state index in [0.717, 1.165) is 16.9 Å². The minimum atomic E-state index is -0.292. The molecule has 2 N–H and O–H groups in total. The first-order valence-electron chi connectivity index (χ1n) is 7.51. The molecule has 0 spiro atoms. The van der Waals surface area contributed by atoms with Crippen molar-refractivity contribution in [3.05, 3.63) is 63.5 Å². The Hall–Kier alpha value is -2.40. The topological polar surface area (TPSA) is 58.2 Å². The summed E-state index contributed by atoms with van der Waals surface area (Å²) in [6.07, 6.45) is 2.53. The Morgan fingerprint density at radius 1 is 1.17 bits per heavy atom. The molecule has 0 radical (unpaired) electrons. The van der Waals surface area contributed by atoms with Crippen LogP contribution < -0.4 is 10.6 Å². The molecule has 5 heteroatoms. The molecule has 1 aromatic carbocycles. The molecule has 0 fully saturated rings. The summed E-state index contributed by atoms with van der Waals surface area (Å²) in [5, 5.41) is 7.44. The Balaban J connectivity index is 2.18. The van der Waals surface area contributed by atoms with Gasteiger partial charge < -0.3 is 10.6 Å². The van der Waals surface area contributed by atoms with Gasteiger partial charge in [-0.2, -0.15) is 0 Å². The maximum absolute atomic E-state index is 12.3. The lowest BCUT2D eigenvalue weighted by molar-refractivity contribution is -0.117. The molecule has 0 atom stereocenters. The van der Waals surface area contributed by atoms with Gasteiger partial charge in [-0.05, 0) is 43.0 Å². The molecule has 4 nitrogen and oxygen atoms in total. The van der Waals surface area contributed by atoms with Crippen LogP contribution in [0.15, 0.2) is 47.5 Å². The first-order valence-corrected chi connectivity index (χ1v) is 8.39. The molecule has 0 unspecified atom stereocenters. The third-order valence-electron chi connectivity index (χ3n) is 3.17. The molecule has 2 aromatic rings. The predicted octanol–water partition coefficient (Wildman–Crippen LogP) is 3.35. The summed E-state index contributed by atoms with van der Waals surface area (Å²) in [6.45, 7) is 4.51. The second-order valence-electron chi connectivity index (χ2n) is 5.15. The summed E-state index contributed by atoms with van der Waals surface area (Å²) >= 11 is 1.51. The van der Waals surface area contributed by atoms with Crippen LogP contribution in [0, 0.1) is 6.92 Å². The second kappa shape index (κ2) is 8.29. The molecule has 0 saturated carbocycles. The molecule has 1 aromatic heterocycles. The normalized spacial score (nSPS) is 11.1. The van der Waals surface area contributed by atoms with E-state index < -0.39 is 0 Å². The van der Waals surface area contributed by atoms with Gasteiger partial charge in [0, 0.05) is 17.0 Å². The zero-order valence-electron chi connectivity index (χ0n) is 13.3. The number of carbonyl (C=O) groups excluding carboxylic acids is 2. The van der Waals surface area contributed by atoms with Crippen molar-refractivity contribution in [2.24, 2.45) is 0 Å². The van der Waals surface area contributed by atoms with Crippen molar-refractivity contribution in [1.29, 1.82) is 0 Å². The van der Waals surface area contributed by atoms with Gasteiger partial charge in [-0.3, -0.25) is 9.59 Å². The van der Waals surface area contributed by atoms with E-state index in [1.54, 1.807) is 18.2 Å². The van der Waals surface area contributed by atoms with Gasteiger partial charge in [-0.25, -0.2) is 0 Å². The monoisotopic (exact) mass is 328 g/mol. The summed E-state index contributed by atoms with van der Waals surface area (Å²) in [5.41, 5.74) is 1.86. The highest BCUT2D eigenvalue weighted by Gasteiger charge is 2.14. The van der Waals surface area contributed by atoms with Gasteiger partial charge in [0.05, 0.1) is 0 Å². The van der Waals surface area contributed by atoms with Crippen molar-refractivity contribution in [2.75, 3.05) is 6.54 Å². The number of hydrogen-bond donors (Lipinski definition) is 2. The lowest BCUT2D eigenvalue weighted by Gasteiger charge is -2.10. The molecule has 2 amide bonds. The van der Waals surface area contributed by atoms with Crippen molar-refractivity contribution >= 4 is 29.2 Å². The number of thiophene rings is 1. The van der Waals surface area contributed by atoms with Crippen molar-refractivity contribution < 1.29 is 9.59 Å². The van der Waals surface area contributed by atoms with E-state index in [-0.39, 0.29) is 17.5 Å². The van der Waals surface area contributed by atoms with Crippen LogP contribution in [0.3, 0.4) is 0 Å². The standard InChI is InChI=1S/C18H20N2O2S/c1-3-10-19-18(22)16(12-15-5-4-11-23-15)20-17(21)14-8-6-13(2)7-9-14/h4-9,11-12H,3,10H2,1-2H3,(H,19,22)(H,20,21)/b16-12-. The number of hydrogen-bond acceptors (Lipinski definition) is 3. The van der Waals surface area contributed by atoms with Crippen LogP contribution in [0.4, 0.5) is 0 Å². The first kappa shape index (κ1) is 17.0. The van der Waals surface area contributed by atoms with Gasteiger partial charge in [0.1, 0.15) is 5.70 Å². The predicted molar refractivity (Wildman–Crippen MR) is 94.2 cm³/mol. The van der Waals surface area contributed by atoms with Crippen molar-refractivity contribution in [1.82, 2.24) is 10.6 Å². The average Bonchev–Trinajstić information content (AvgIpc) is 3.05. The van der Waals surface area contributed by atoms with E-state index in [1.165, 1.54) is 11.3 Å². The van der Waals surface area contributed by atoms with E-state index in [1.807, 2.05) is 43.5 Å². The average molecular weight is 328 g/mol. The minimum absolute atomic E-state index is 0.256. The molecule has 0 saturated heterocycles. The Kier molecular flexibility index (Phi) is 6.11. The molecule has 0 bridgehead atoms. The van der Waals surface area contributed by atoms with Crippen LogP contribution in [-0.2, 0) is 4.79 Å². The van der Waals surface area contributed by atoms with Crippen LogP contribution in [0.1, 0.15) is 34.1 Å². The molecule has 1 heterocycles. The van der Waals surface area contributed by atoms with Crippen LogP contribution in [0.2, 0.25) is 0 Å². The molecule has 0 aliphatic carbocycles. The summed E-state index contributed by atoms with van der Waals surface area (Å²) in [4.78, 5) is 25.5. The third kappa shape index (κ3) is 5.07. The van der Waals surface area contributed by atoms with Crippen molar-refractivity contribution in [3.63, 3.8) is 0 Å². The molecule has 23 heavy (non-hydrogen) atoms. The summed E-state index contributed by atoms with van der Waals surface area (Å²) in [7, 11) is 0. The fourth-order valence-corrected chi connectivity index (χ4v) is 2.56. The molecular formula is C18H20N2O2S. The summed E-state index contributed by atoms with van der Waals surface area (Å²) < 4.78 is 0. The SMILES string of the molecule is CCCNC(=O)/C(=C/c1cccs1)NC(=O)c1ccc(C)cc1. The fourth-order valence-electron chi connectivity index (χ4n) is 1.91. The Labute approximate surface area is 140 Å². The minimum Gasteiger partial charge on any atom is -0.351 e. The zero-order valence-corrected chi connectivity index (χ0v) is 14.1. The number of nitrogens with one attached hydrogen (secondary N) is 2. The zero-order chi connectivity index (χ0) is 16.7. The fraction of sp³-hybridized carbons (Fsp3) is 0.222. The third-order valence-corrected chi connectivity index (χ3v) is 3.99. The number of benzene rings is 1. The largest absolute Gasteiger partial charge is 0.351 e. The Bertz CT molecular complexity index is 688. The molecule has 120 valence electrons. The molecule has 0 aliphatic rings. The van der Waals surface area contributed by atoms with Crippen LogP contribution in [0.25, 0.3) is 6.08 Å². The van der Waals surface area contributed by atoms with Gasteiger partial charge in [0.2, 0.25) is 0 Å². The van der Waals surface area contributed by atoms with E-state index in [2.05, 4.69) is 10.6 Å². The maximum atomic E-state index is 12.3. The number of rotatable bonds is 6. The van der Waals surface area contributed by atoms with Gasteiger partial charge in [0.25, 0.3) is 11.8 Å². The van der Waals surface area contributed by atoms with Crippen molar-refractivity contribution in [3.8, 4) is 0 Å². The summed E-state index contributed by atoms with van der Waals surface area (Å²) in [5.74, 6) is -0.569. The highest BCUT2D eigenvalue weighted by Crippen LogP contribution is 2.13. The Morgan fingerprint density at radius 2 is 1.91 bits per heavy atom. The first-order chi connectivity index (χ1) is 11.1. The molecular weight excluding hydrogens is 308 g/mol. The van der Waals surface area contributed by atoms with E-state index >= 15 is 0 Å². The van der Waals surface area contributed by atoms with Crippen molar-refractivity contribution in [2.45, 2.75) is 20.3 Å². The highest BCUT2D eigenvalue weighted by atomic mass is 32.1. The van der Waals surface area contributed by atoms with Gasteiger partial charge in [0.15, 0.2) is 0 Å². The molecule has 0 aliphatic heterocycles. The lowest BCUT2D eigenvalue weighted by atomic mass is 10.1. The van der Waals surface area contributed by atoms with E-state index in [0.29, 0.717) is 12.1 Å². The van der Waals surface area contributed by atoms with Crippen LogP contribution >= 0.6 is 11.3 Å². The van der Waals surface area contributed by atoms with Crippen LogP contribution in [0.5, 0.6) is 0 Å². The smallest absolute Gasteiger partial charge is 0.267 e. The second-order valence-corrected chi connectivity index (χ2v) is 6.13. The number of aryl methyl sites for hydroxylation is 1. The lowest BCUT2D eigenvalue weighted by Crippen LogP contribution is -2.35. The quantitative estimate of drug-likeness (QED) is 0.799. The number of carbonyl (C=O) groups is 2. The highest BCUT2D eigenvalue weighted by molar-refractivity contribution is 7.10. The summed E-state index contributed by atoms with van der Waals surface area (Å²) in [6, 6.07) is 11.0. The van der Waals surface area contributed by atoms with Gasteiger partial charge in [-0.15, -0.1) is 11.3 Å². The van der Waals surface area contributed by atoms with E-state index in [4.69, 9.17) is 0 Å². The Morgan fingerprint density at radius 3 is 2.52 bits per heavy atom. The van der Waals surface area contributed by atoms with E-state index in [9.17, 15) is 9.59 Å². The maximum Gasteiger partial charge on any atom is 0.267 e. The number of amides is 2. The van der Waals surface area contributed by atoms with Gasteiger partial charge in [-0.1, -0.05) is 30.7 Å². The van der Waals surface area contributed by atoms with Gasteiger partial charge >= 0.3 is 0 Å². The van der Waals surface area contributed by atoms with Crippen LogP contribution in [-0.4, -0.2) is 18.4 Å².